The first-order valence-electron chi connectivity index (χ1n) is 7.03. The van der Waals surface area contributed by atoms with Crippen LogP contribution in [0.25, 0.3) is 0 Å². The zero-order chi connectivity index (χ0) is 15.0. The molecular weight excluding hydrogens is 361 g/mol. The molecule has 0 radical (unpaired) electrons. The van der Waals surface area contributed by atoms with Crippen LogP contribution in [-0.4, -0.2) is 38.5 Å². The van der Waals surface area contributed by atoms with Crippen LogP contribution in [0, 0.1) is 11.7 Å². The topological polar surface area (TPSA) is 46.6 Å². The average molecular weight is 378 g/mol. The maximum Gasteiger partial charge on any atom is 0.243 e. The second-order valence-electron chi connectivity index (χ2n) is 5.61. The summed E-state index contributed by atoms with van der Waals surface area (Å²) in [5, 5.41) is 0. The lowest BCUT2D eigenvalue weighted by molar-refractivity contribution is 0.180. The highest BCUT2D eigenvalue weighted by molar-refractivity contribution is 9.10. The van der Waals surface area contributed by atoms with Gasteiger partial charge in [0.05, 0.1) is 16.0 Å². The van der Waals surface area contributed by atoms with Crippen molar-refractivity contribution in [2.24, 2.45) is 5.92 Å². The van der Waals surface area contributed by atoms with E-state index < -0.39 is 15.8 Å². The number of ether oxygens (including phenoxy) is 1. The van der Waals surface area contributed by atoms with Gasteiger partial charge < -0.3 is 4.74 Å². The summed E-state index contributed by atoms with van der Waals surface area (Å²) in [4.78, 5) is 0.0222. The molecule has 0 amide bonds. The fourth-order valence-corrected chi connectivity index (χ4v) is 4.58. The standard InChI is InChI=1S/C14H17BrFNO3S/c15-13-4-3-12(7-14(13)16)21(18,19)17(11-1-2-11)8-10-5-6-20-9-10/h3-4,7,10-11H,1-2,5-6,8-9H2. The first kappa shape index (κ1) is 15.4. The van der Waals surface area contributed by atoms with Crippen LogP contribution >= 0.6 is 15.9 Å². The number of rotatable bonds is 5. The van der Waals surface area contributed by atoms with Crippen molar-refractivity contribution in [1.29, 1.82) is 0 Å². The molecule has 2 fully saturated rings. The summed E-state index contributed by atoms with van der Waals surface area (Å²) in [6.07, 6.45) is 2.64. The molecule has 2 aliphatic rings. The quantitative estimate of drug-likeness (QED) is 0.792. The number of nitrogens with zero attached hydrogens (tertiary/aromatic N) is 1. The molecule has 1 unspecified atom stereocenters. The Morgan fingerprint density at radius 1 is 1.33 bits per heavy atom. The summed E-state index contributed by atoms with van der Waals surface area (Å²) < 4.78 is 46.3. The highest BCUT2D eigenvalue weighted by Gasteiger charge is 2.39. The molecule has 1 aromatic rings. The molecule has 21 heavy (non-hydrogen) atoms. The first-order chi connectivity index (χ1) is 9.98. The van der Waals surface area contributed by atoms with Crippen molar-refractivity contribution in [2.75, 3.05) is 19.8 Å². The Morgan fingerprint density at radius 3 is 2.67 bits per heavy atom. The first-order valence-corrected chi connectivity index (χ1v) is 9.26. The zero-order valence-electron chi connectivity index (χ0n) is 11.5. The van der Waals surface area contributed by atoms with Crippen molar-refractivity contribution >= 4 is 26.0 Å². The Hall–Kier alpha value is -0.500. The number of halogens is 2. The minimum absolute atomic E-state index is 0.0222. The summed E-state index contributed by atoms with van der Waals surface area (Å²) in [5.41, 5.74) is 0. The van der Waals surface area contributed by atoms with Gasteiger partial charge in [0, 0.05) is 19.2 Å². The van der Waals surface area contributed by atoms with Gasteiger partial charge in [0.1, 0.15) is 5.82 Å². The number of hydrogen-bond acceptors (Lipinski definition) is 3. The zero-order valence-corrected chi connectivity index (χ0v) is 13.9. The molecule has 1 heterocycles. The summed E-state index contributed by atoms with van der Waals surface area (Å²) in [6, 6.07) is 4.02. The fourth-order valence-electron chi connectivity index (χ4n) is 2.56. The van der Waals surface area contributed by atoms with Crippen LogP contribution < -0.4 is 0 Å². The van der Waals surface area contributed by atoms with Gasteiger partial charge in [0.15, 0.2) is 0 Å². The Kier molecular flexibility index (Phi) is 4.36. The fraction of sp³-hybridized carbons (Fsp3) is 0.571. The van der Waals surface area contributed by atoms with E-state index in [2.05, 4.69) is 15.9 Å². The number of benzene rings is 1. The largest absolute Gasteiger partial charge is 0.381 e. The van der Waals surface area contributed by atoms with Crippen LogP contribution in [-0.2, 0) is 14.8 Å². The second kappa shape index (κ2) is 5.95. The van der Waals surface area contributed by atoms with Crippen molar-refractivity contribution in [3.8, 4) is 0 Å². The molecule has 1 saturated heterocycles. The predicted molar refractivity (Wildman–Crippen MR) is 79.9 cm³/mol. The van der Waals surface area contributed by atoms with Gasteiger partial charge in [0.25, 0.3) is 0 Å². The van der Waals surface area contributed by atoms with Gasteiger partial charge in [-0.15, -0.1) is 0 Å². The molecular formula is C14H17BrFNO3S. The van der Waals surface area contributed by atoms with Crippen LogP contribution in [0.3, 0.4) is 0 Å². The molecule has 7 heteroatoms. The third-order valence-electron chi connectivity index (χ3n) is 3.91. The molecule has 1 atom stereocenters. The molecule has 1 aromatic carbocycles. The summed E-state index contributed by atoms with van der Waals surface area (Å²) in [5.74, 6) is -0.323. The van der Waals surface area contributed by atoms with Crippen LogP contribution in [0.15, 0.2) is 27.6 Å². The molecule has 0 spiro atoms. The monoisotopic (exact) mass is 377 g/mol. The van der Waals surface area contributed by atoms with Crippen LogP contribution in [0.2, 0.25) is 0 Å². The SMILES string of the molecule is O=S(=O)(c1ccc(Br)c(F)c1)N(CC1CCOC1)C1CC1. The van der Waals surface area contributed by atoms with Gasteiger partial charge in [-0.05, 0) is 59.3 Å². The maximum absolute atomic E-state index is 13.6. The lowest BCUT2D eigenvalue weighted by Gasteiger charge is -2.24. The van der Waals surface area contributed by atoms with Gasteiger partial charge >= 0.3 is 0 Å². The third kappa shape index (κ3) is 3.31. The van der Waals surface area contributed by atoms with Gasteiger partial charge in [0.2, 0.25) is 10.0 Å². The summed E-state index contributed by atoms with van der Waals surface area (Å²) in [6.45, 7) is 1.76. The maximum atomic E-state index is 13.6. The van der Waals surface area contributed by atoms with Crippen molar-refractivity contribution in [3.63, 3.8) is 0 Å². The van der Waals surface area contributed by atoms with Crippen LogP contribution in [0.1, 0.15) is 19.3 Å². The van der Waals surface area contributed by atoms with Gasteiger partial charge in [-0.3, -0.25) is 0 Å². The van der Waals surface area contributed by atoms with E-state index >= 15 is 0 Å². The predicted octanol–water partition coefficient (Wildman–Crippen LogP) is 2.78. The van der Waals surface area contributed by atoms with Crippen molar-refractivity contribution in [3.05, 3.63) is 28.5 Å². The third-order valence-corrected chi connectivity index (χ3v) is 6.47. The van der Waals surface area contributed by atoms with E-state index in [1.807, 2.05) is 0 Å². The van der Waals surface area contributed by atoms with E-state index in [-0.39, 0.29) is 21.3 Å². The molecule has 1 saturated carbocycles. The lowest BCUT2D eigenvalue weighted by atomic mass is 10.1. The molecule has 116 valence electrons. The average Bonchev–Trinajstić information content (AvgIpc) is 3.15. The normalized spacial score (nSPS) is 22.9. The molecule has 3 rings (SSSR count). The van der Waals surface area contributed by atoms with Crippen LogP contribution in [0.5, 0.6) is 0 Å². The Morgan fingerprint density at radius 2 is 2.10 bits per heavy atom. The van der Waals surface area contributed by atoms with Gasteiger partial charge in [-0.25, -0.2) is 12.8 Å². The molecule has 4 nitrogen and oxygen atoms in total. The van der Waals surface area contributed by atoms with Gasteiger partial charge in [-0.2, -0.15) is 4.31 Å². The van der Waals surface area contributed by atoms with E-state index in [1.54, 1.807) is 0 Å². The van der Waals surface area contributed by atoms with E-state index in [1.165, 1.54) is 16.4 Å². The highest BCUT2D eigenvalue weighted by atomic mass is 79.9. The van der Waals surface area contributed by atoms with E-state index in [9.17, 15) is 12.8 Å². The number of sulfonamides is 1. The molecule has 0 N–H and O–H groups in total. The van der Waals surface area contributed by atoms with Gasteiger partial charge in [-0.1, -0.05) is 0 Å². The van der Waals surface area contributed by atoms with Crippen LogP contribution in [0.4, 0.5) is 4.39 Å². The van der Waals surface area contributed by atoms with E-state index in [0.29, 0.717) is 19.8 Å². The smallest absolute Gasteiger partial charge is 0.243 e. The lowest BCUT2D eigenvalue weighted by Crippen LogP contribution is -2.37. The van der Waals surface area contributed by atoms with Crippen molar-refractivity contribution in [1.82, 2.24) is 4.31 Å². The Bertz CT molecular complexity index is 627. The van der Waals surface area contributed by atoms with Crippen molar-refractivity contribution < 1.29 is 17.5 Å². The summed E-state index contributed by atoms with van der Waals surface area (Å²) >= 11 is 3.05. The second-order valence-corrected chi connectivity index (χ2v) is 8.36. The Balaban J connectivity index is 1.87. The molecule has 0 aromatic heterocycles. The minimum Gasteiger partial charge on any atom is -0.381 e. The molecule has 1 aliphatic heterocycles. The Labute approximate surface area is 132 Å². The molecule has 1 aliphatic carbocycles. The summed E-state index contributed by atoms with van der Waals surface area (Å²) in [7, 11) is -3.65. The molecule has 0 bridgehead atoms. The van der Waals surface area contributed by atoms with E-state index in [0.717, 1.165) is 25.3 Å². The van der Waals surface area contributed by atoms with Crippen molar-refractivity contribution in [2.45, 2.75) is 30.2 Å². The minimum atomic E-state index is -3.65. The highest BCUT2D eigenvalue weighted by Crippen LogP contribution is 2.34. The van der Waals surface area contributed by atoms with E-state index in [4.69, 9.17) is 4.74 Å². The number of hydrogen-bond donors (Lipinski definition) is 0.